The van der Waals surface area contributed by atoms with Crippen molar-refractivity contribution in [1.82, 2.24) is 24.6 Å². The molecule has 0 aliphatic rings. The maximum atomic E-state index is 12.6. The molecule has 0 fully saturated rings. The minimum Gasteiger partial charge on any atom is -0.352 e. The maximum absolute atomic E-state index is 12.6. The van der Waals surface area contributed by atoms with Gasteiger partial charge in [0.2, 0.25) is 5.91 Å². The molecular formula is C19H25N5O2S. The van der Waals surface area contributed by atoms with E-state index < -0.39 is 0 Å². The van der Waals surface area contributed by atoms with Gasteiger partial charge >= 0.3 is 0 Å². The van der Waals surface area contributed by atoms with E-state index in [1.165, 1.54) is 22.2 Å². The highest BCUT2D eigenvalue weighted by molar-refractivity contribution is 7.18. The van der Waals surface area contributed by atoms with Gasteiger partial charge < -0.3 is 5.32 Å². The fraction of sp³-hybridized carbons (Fsp3) is 0.474. The van der Waals surface area contributed by atoms with Gasteiger partial charge in [0.25, 0.3) is 5.56 Å². The fourth-order valence-corrected chi connectivity index (χ4v) is 4.17. The molecule has 0 radical (unpaired) electrons. The van der Waals surface area contributed by atoms with Crippen LogP contribution in [0.5, 0.6) is 0 Å². The third kappa shape index (κ3) is 3.95. The molecule has 0 unspecified atom stereocenters. The molecule has 0 saturated heterocycles. The van der Waals surface area contributed by atoms with Crippen LogP contribution >= 0.6 is 11.3 Å². The van der Waals surface area contributed by atoms with Crippen molar-refractivity contribution >= 4 is 27.5 Å². The fourth-order valence-electron chi connectivity index (χ4n) is 3.24. The molecular weight excluding hydrogens is 362 g/mol. The van der Waals surface area contributed by atoms with Gasteiger partial charge in [-0.05, 0) is 45.2 Å². The van der Waals surface area contributed by atoms with Gasteiger partial charge in [-0.2, -0.15) is 5.10 Å². The van der Waals surface area contributed by atoms with Crippen LogP contribution in [-0.4, -0.2) is 31.3 Å². The Morgan fingerprint density at radius 2 is 2.11 bits per heavy atom. The molecule has 27 heavy (non-hydrogen) atoms. The van der Waals surface area contributed by atoms with Gasteiger partial charge in [0.05, 0.1) is 17.4 Å². The van der Waals surface area contributed by atoms with E-state index in [4.69, 9.17) is 0 Å². The summed E-state index contributed by atoms with van der Waals surface area (Å²) in [6, 6.07) is 1.82. The Balaban J connectivity index is 1.69. The van der Waals surface area contributed by atoms with Crippen molar-refractivity contribution in [3.05, 3.63) is 44.6 Å². The van der Waals surface area contributed by atoms with Crippen molar-refractivity contribution in [2.24, 2.45) is 7.05 Å². The second-order valence-corrected chi connectivity index (χ2v) is 8.02. The lowest BCUT2D eigenvalue weighted by Crippen LogP contribution is -2.38. The number of nitrogens with zero attached hydrogens (tertiary/aromatic N) is 4. The van der Waals surface area contributed by atoms with Crippen LogP contribution in [0.4, 0.5) is 0 Å². The SMILES string of the molecule is CCc1cc2c(=O)n(CC(=O)N[C@@H](C)Cc3c(C)nn(C)c3C)cnc2s1. The molecule has 8 heteroatoms. The molecule has 144 valence electrons. The molecule has 1 N–H and O–H groups in total. The first kappa shape index (κ1) is 19.3. The topological polar surface area (TPSA) is 81.8 Å². The van der Waals surface area contributed by atoms with Crippen molar-refractivity contribution in [1.29, 1.82) is 0 Å². The van der Waals surface area contributed by atoms with Crippen LogP contribution in [0, 0.1) is 13.8 Å². The number of amides is 1. The van der Waals surface area contributed by atoms with Gasteiger partial charge in [-0.15, -0.1) is 11.3 Å². The van der Waals surface area contributed by atoms with Crippen molar-refractivity contribution < 1.29 is 4.79 Å². The van der Waals surface area contributed by atoms with Gasteiger partial charge in [0.1, 0.15) is 11.4 Å². The largest absolute Gasteiger partial charge is 0.352 e. The van der Waals surface area contributed by atoms with Crippen molar-refractivity contribution in [2.45, 2.75) is 53.1 Å². The first-order chi connectivity index (χ1) is 12.8. The van der Waals surface area contributed by atoms with Crippen LogP contribution in [0.1, 0.15) is 35.7 Å². The van der Waals surface area contributed by atoms with E-state index >= 15 is 0 Å². The number of rotatable bonds is 6. The highest BCUT2D eigenvalue weighted by Crippen LogP contribution is 2.21. The van der Waals surface area contributed by atoms with E-state index in [-0.39, 0.29) is 24.1 Å². The van der Waals surface area contributed by atoms with E-state index in [1.807, 2.05) is 45.5 Å². The number of aromatic nitrogens is 4. The molecule has 7 nitrogen and oxygen atoms in total. The summed E-state index contributed by atoms with van der Waals surface area (Å²) in [7, 11) is 1.92. The van der Waals surface area contributed by atoms with Gasteiger partial charge in [-0.1, -0.05) is 6.92 Å². The Labute approximate surface area is 162 Å². The highest BCUT2D eigenvalue weighted by atomic mass is 32.1. The predicted octanol–water partition coefficient (Wildman–Crippen LogP) is 2.12. The Morgan fingerprint density at radius 3 is 2.74 bits per heavy atom. The lowest BCUT2D eigenvalue weighted by Gasteiger charge is -2.15. The predicted molar refractivity (Wildman–Crippen MR) is 107 cm³/mol. The molecule has 3 heterocycles. The van der Waals surface area contributed by atoms with Gasteiger partial charge in [-0.25, -0.2) is 4.98 Å². The lowest BCUT2D eigenvalue weighted by molar-refractivity contribution is -0.122. The van der Waals surface area contributed by atoms with E-state index in [9.17, 15) is 9.59 Å². The Morgan fingerprint density at radius 1 is 1.37 bits per heavy atom. The number of fused-ring (bicyclic) bond motifs is 1. The summed E-state index contributed by atoms with van der Waals surface area (Å²) in [6.07, 6.45) is 3.03. The van der Waals surface area contributed by atoms with E-state index in [2.05, 4.69) is 15.4 Å². The summed E-state index contributed by atoms with van der Waals surface area (Å²) in [6.45, 7) is 7.97. The van der Waals surface area contributed by atoms with Crippen LogP contribution < -0.4 is 10.9 Å². The molecule has 1 amide bonds. The summed E-state index contributed by atoms with van der Waals surface area (Å²) in [5, 5.41) is 7.97. The maximum Gasteiger partial charge on any atom is 0.262 e. The van der Waals surface area contributed by atoms with Crippen LogP contribution in [0.2, 0.25) is 0 Å². The van der Waals surface area contributed by atoms with E-state index in [1.54, 1.807) is 0 Å². The summed E-state index contributed by atoms with van der Waals surface area (Å²) >= 11 is 1.52. The van der Waals surface area contributed by atoms with E-state index in [0.29, 0.717) is 11.8 Å². The summed E-state index contributed by atoms with van der Waals surface area (Å²) in [5.41, 5.74) is 3.06. The molecule has 0 bridgehead atoms. The Kier molecular flexibility index (Phi) is 5.46. The Hall–Kier alpha value is -2.48. The molecule has 0 aliphatic heterocycles. The molecule has 0 saturated carbocycles. The first-order valence-corrected chi connectivity index (χ1v) is 9.88. The normalized spacial score (nSPS) is 12.5. The number of hydrogen-bond acceptors (Lipinski definition) is 5. The molecule has 3 aromatic heterocycles. The zero-order valence-corrected chi connectivity index (χ0v) is 17.2. The zero-order valence-electron chi connectivity index (χ0n) is 16.4. The standard InChI is InChI=1S/C19H25N5O2S/c1-6-14-8-16-18(27-14)20-10-24(19(16)26)9-17(25)21-11(2)7-15-12(3)22-23(5)13(15)4/h8,10-11H,6-7,9H2,1-5H3,(H,21,25)/t11-/m0/s1. The van der Waals surface area contributed by atoms with Gasteiger partial charge in [0.15, 0.2) is 0 Å². The second kappa shape index (κ2) is 7.64. The summed E-state index contributed by atoms with van der Waals surface area (Å²) < 4.78 is 3.22. The van der Waals surface area contributed by atoms with Crippen LogP contribution in [-0.2, 0) is 31.2 Å². The highest BCUT2D eigenvalue weighted by Gasteiger charge is 2.16. The average molecular weight is 388 g/mol. The average Bonchev–Trinajstić information content (AvgIpc) is 3.14. The number of carbonyl (C=O) groups is 1. The smallest absolute Gasteiger partial charge is 0.262 e. The van der Waals surface area contributed by atoms with E-state index in [0.717, 1.165) is 33.1 Å². The quantitative estimate of drug-likeness (QED) is 0.702. The zero-order chi connectivity index (χ0) is 19.7. The Bertz CT molecular complexity index is 1050. The molecule has 1 atom stereocenters. The van der Waals surface area contributed by atoms with Crippen molar-refractivity contribution in [3.63, 3.8) is 0 Å². The second-order valence-electron chi connectivity index (χ2n) is 6.91. The van der Waals surface area contributed by atoms with Gasteiger partial charge in [-0.3, -0.25) is 18.8 Å². The molecule has 0 spiro atoms. The van der Waals surface area contributed by atoms with Crippen molar-refractivity contribution in [3.8, 4) is 0 Å². The monoisotopic (exact) mass is 387 g/mol. The molecule has 3 rings (SSSR count). The van der Waals surface area contributed by atoms with Crippen LogP contribution in [0.3, 0.4) is 0 Å². The number of hydrogen-bond donors (Lipinski definition) is 1. The molecule has 0 aliphatic carbocycles. The molecule has 0 aromatic carbocycles. The third-order valence-corrected chi connectivity index (χ3v) is 6.00. The van der Waals surface area contributed by atoms with Gasteiger partial charge in [0, 0.05) is 23.7 Å². The van der Waals surface area contributed by atoms with Crippen LogP contribution in [0.25, 0.3) is 10.2 Å². The summed E-state index contributed by atoms with van der Waals surface area (Å²) in [4.78, 5) is 31.2. The number of thiophene rings is 1. The minimum absolute atomic E-state index is 0.0333. The van der Waals surface area contributed by atoms with Crippen LogP contribution in [0.15, 0.2) is 17.2 Å². The number of carbonyl (C=O) groups excluding carboxylic acids is 1. The summed E-state index contributed by atoms with van der Waals surface area (Å²) in [5.74, 6) is -0.198. The minimum atomic E-state index is -0.198. The van der Waals surface area contributed by atoms with Crippen molar-refractivity contribution in [2.75, 3.05) is 0 Å². The first-order valence-electron chi connectivity index (χ1n) is 9.06. The number of nitrogens with one attached hydrogen (secondary N) is 1. The lowest BCUT2D eigenvalue weighted by atomic mass is 10.1. The molecule has 3 aromatic rings. The number of aryl methyl sites for hydroxylation is 3. The third-order valence-electron chi connectivity index (χ3n) is 4.81.